The highest BCUT2D eigenvalue weighted by molar-refractivity contribution is 5.18. The van der Waals surface area contributed by atoms with Crippen LogP contribution >= 0.6 is 0 Å². The minimum Gasteiger partial charge on any atom is -0.379 e. The van der Waals surface area contributed by atoms with Crippen molar-refractivity contribution in [2.24, 2.45) is 5.73 Å². The summed E-state index contributed by atoms with van der Waals surface area (Å²) in [6.45, 7) is 5.76. The highest BCUT2D eigenvalue weighted by Crippen LogP contribution is 2.13. The molecule has 2 N–H and O–H groups in total. The van der Waals surface area contributed by atoms with Gasteiger partial charge in [0.25, 0.3) is 0 Å². The summed E-state index contributed by atoms with van der Waals surface area (Å²) in [6.07, 6.45) is 2.61. The Balaban J connectivity index is 2.36. The maximum atomic E-state index is 5.62. The third kappa shape index (κ3) is 4.81. The lowest BCUT2D eigenvalue weighted by atomic mass is 10.1. The summed E-state index contributed by atoms with van der Waals surface area (Å²) < 4.78 is 10.9. The molecule has 1 aromatic rings. The average molecular weight is 238 g/mol. The lowest BCUT2D eigenvalue weighted by molar-refractivity contribution is -0.0125. The third-order valence-corrected chi connectivity index (χ3v) is 2.84. The quantitative estimate of drug-likeness (QED) is 0.737. The van der Waals surface area contributed by atoms with Gasteiger partial charge >= 0.3 is 0 Å². The van der Waals surface area contributed by atoms with Crippen LogP contribution in [0.3, 0.4) is 0 Å². The van der Waals surface area contributed by atoms with Gasteiger partial charge in [0, 0.05) is 32.0 Å². The number of nitrogens with zero attached hydrogens (tertiary/aromatic N) is 1. The van der Waals surface area contributed by atoms with Gasteiger partial charge in [0.15, 0.2) is 0 Å². The van der Waals surface area contributed by atoms with Gasteiger partial charge in [-0.05, 0) is 26.3 Å². The van der Waals surface area contributed by atoms with Crippen LogP contribution in [0.1, 0.15) is 31.5 Å². The van der Waals surface area contributed by atoms with Crippen LogP contribution in [0, 0.1) is 0 Å². The molecule has 0 aliphatic heterocycles. The molecule has 1 rings (SSSR count). The van der Waals surface area contributed by atoms with Gasteiger partial charge in [-0.25, -0.2) is 0 Å². The van der Waals surface area contributed by atoms with E-state index in [1.165, 1.54) is 0 Å². The van der Waals surface area contributed by atoms with E-state index in [4.69, 9.17) is 15.2 Å². The molecule has 0 aliphatic rings. The molecule has 96 valence electrons. The minimum atomic E-state index is -0.133. The predicted octanol–water partition coefficient (Wildman–Crippen LogP) is 1.87. The fourth-order valence-electron chi connectivity index (χ4n) is 1.39. The molecule has 4 heteroatoms. The summed E-state index contributed by atoms with van der Waals surface area (Å²) in [5.74, 6) is 0. The van der Waals surface area contributed by atoms with Crippen molar-refractivity contribution < 1.29 is 9.47 Å². The van der Waals surface area contributed by atoms with Crippen LogP contribution in [0.4, 0.5) is 0 Å². The van der Waals surface area contributed by atoms with Gasteiger partial charge < -0.3 is 15.2 Å². The second-order valence-electron chi connectivity index (χ2n) is 4.58. The lowest BCUT2D eigenvalue weighted by Gasteiger charge is -2.22. The van der Waals surface area contributed by atoms with Crippen LogP contribution in [-0.4, -0.2) is 24.3 Å². The highest BCUT2D eigenvalue weighted by atomic mass is 16.5. The van der Waals surface area contributed by atoms with E-state index in [1.54, 1.807) is 13.3 Å². The van der Waals surface area contributed by atoms with Crippen LogP contribution in [0.2, 0.25) is 0 Å². The van der Waals surface area contributed by atoms with E-state index in [0.29, 0.717) is 19.8 Å². The first-order chi connectivity index (χ1) is 8.09. The average Bonchev–Trinajstić information content (AvgIpc) is 2.35. The van der Waals surface area contributed by atoms with Crippen molar-refractivity contribution in [3.8, 4) is 0 Å². The molecule has 17 heavy (non-hydrogen) atoms. The monoisotopic (exact) mass is 238 g/mol. The van der Waals surface area contributed by atoms with Crippen molar-refractivity contribution in [3.05, 3.63) is 29.6 Å². The first kappa shape index (κ1) is 14.1. The largest absolute Gasteiger partial charge is 0.379 e. The molecule has 1 aromatic heterocycles. The van der Waals surface area contributed by atoms with Crippen molar-refractivity contribution in [2.75, 3.05) is 13.7 Å². The Bertz CT molecular complexity index is 340. The molecular weight excluding hydrogens is 216 g/mol. The zero-order chi connectivity index (χ0) is 12.7. The smallest absolute Gasteiger partial charge is 0.0735 e. The number of rotatable bonds is 7. The van der Waals surface area contributed by atoms with Crippen molar-refractivity contribution >= 4 is 0 Å². The maximum absolute atomic E-state index is 5.62. The van der Waals surface area contributed by atoms with Crippen molar-refractivity contribution in [2.45, 2.75) is 39.0 Å². The van der Waals surface area contributed by atoms with Gasteiger partial charge in [0.2, 0.25) is 0 Å². The summed E-state index contributed by atoms with van der Waals surface area (Å²) >= 11 is 0. The lowest BCUT2D eigenvalue weighted by Crippen LogP contribution is -2.24. The Labute approximate surface area is 103 Å². The Morgan fingerprint density at radius 2 is 2.18 bits per heavy atom. The zero-order valence-electron chi connectivity index (χ0n) is 10.9. The Morgan fingerprint density at radius 3 is 2.82 bits per heavy atom. The molecule has 0 aliphatic carbocycles. The zero-order valence-corrected chi connectivity index (χ0v) is 10.9. The van der Waals surface area contributed by atoms with Crippen LogP contribution in [0.25, 0.3) is 0 Å². The topological polar surface area (TPSA) is 57.4 Å². The first-order valence-electron chi connectivity index (χ1n) is 5.85. The van der Waals surface area contributed by atoms with Gasteiger partial charge in [-0.15, -0.1) is 0 Å². The Hall–Kier alpha value is -0.970. The molecule has 0 fully saturated rings. The predicted molar refractivity (Wildman–Crippen MR) is 67.5 cm³/mol. The van der Waals surface area contributed by atoms with Crippen molar-refractivity contribution in [1.82, 2.24) is 4.98 Å². The number of ether oxygens (including phenoxy) is 2. The second kappa shape index (κ2) is 6.69. The van der Waals surface area contributed by atoms with E-state index < -0.39 is 0 Å². The Morgan fingerprint density at radius 1 is 1.41 bits per heavy atom. The molecule has 1 heterocycles. The number of hydrogen-bond donors (Lipinski definition) is 1. The molecule has 0 spiro atoms. The highest BCUT2D eigenvalue weighted by Gasteiger charge is 2.15. The van der Waals surface area contributed by atoms with Crippen LogP contribution < -0.4 is 5.73 Å². The van der Waals surface area contributed by atoms with E-state index in [0.717, 1.165) is 17.7 Å². The fourth-order valence-corrected chi connectivity index (χ4v) is 1.39. The number of methoxy groups -OCH3 is 1. The van der Waals surface area contributed by atoms with Gasteiger partial charge in [-0.2, -0.15) is 0 Å². The molecule has 0 radical (unpaired) electrons. The van der Waals surface area contributed by atoms with Gasteiger partial charge in [0.1, 0.15) is 0 Å². The molecule has 0 saturated heterocycles. The molecule has 0 atom stereocenters. The van der Waals surface area contributed by atoms with E-state index in [9.17, 15) is 0 Å². The standard InChI is InChI=1S/C13H22N2O2/c1-13(2,16-3)6-8-17-10-11-5-4-7-15-12(11)9-14/h4-5,7H,6,8-10,14H2,1-3H3. The van der Waals surface area contributed by atoms with Gasteiger partial charge in [-0.1, -0.05) is 6.07 Å². The van der Waals surface area contributed by atoms with E-state index in [-0.39, 0.29) is 5.60 Å². The summed E-state index contributed by atoms with van der Waals surface area (Å²) in [5.41, 5.74) is 7.44. The summed E-state index contributed by atoms with van der Waals surface area (Å²) in [6, 6.07) is 3.90. The third-order valence-electron chi connectivity index (χ3n) is 2.84. The summed E-state index contributed by atoms with van der Waals surface area (Å²) in [4.78, 5) is 4.21. The molecular formula is C13H22N2O2. The number of hydrogen-bond acceptors (Lipinski definition) is 4. The minimum absolute atomic E-state index is 0.133. The molecule has 0 aromatic carbocycles. The molecule has 4 nitrogen and oxygen atoms in total. The normalized spacial score (nSPS) is 11.8. The van der Waals surface area contributed by atoms with E-state index >= 15 is 0 Å². The number of aromatic nitrogens is 1. The van der Waals surface area contributed by atoms with Crippen molar-refractivity contribution in [1.29, 1.82) is 0 Å². The summed E-state index contributed by atoms with van der Waals surface area (Å²) in [7, 11) is 1.72. The fraction of sp³-hybridized carbons (Fsp3) is 0.615. The molecule has 0 saturated carbocycles. The van der Waals surface area contributed by atoms with Gasteiger partial charge in [-0.3, -0.25) is 4.98 Å². The van der Waals surface area contributed by atoms with Crippen LogP contribution in [0.15, 0.2) is 18.3 Å². The SMILES string of the molecule is COC(C)(C)CCOCc1cccnc1CN. The van der Waals surface area contributed by atoms with Gasteiger partial charge in [0.05, 0.1) is 17.9 Å². The van der Waals surface area contributed by atoms with Crippen molar-refractivity contribution in [3.63, 3.8) is 0 Å². The van der Waals surface area contributed by atoms with E-state index in [2.05, 4.69) is 4.98 Å². The summed E-state index contributed by atoms with van der Waals surface area (Å²) in [5, 5.41) is 0. The van der Waals surface area contributed by atoms with Crippen LogP contribution in [-0.2, 0) is 22.6 Å². The van der Waals surface area contributed by atoms with E-state index in [1.807, 2.05) is 26.0 Å². The number of nitrogens with two attached hydrogens (primary N) is 1. The Kier molecular flexibility index (Phi) is 5.55. The molecule has 0 unspecified atom stereocenters. The van der Waals surface area contributed by atoms with Crippen LogP contribution in [0.5, 0.6) is 0 Å². The molecule has 0 bridgehead atoms. The maximum Gasteiger partial charge on any atom is 0.0735 e. The second-order valence-corrected chi connectivity index (χ2v) is 4.58. The first-order valence-corrected chi connectivity index (χ1v) is 5.85. The molecule has 0 amide bonds. The number of pyridine rings is 1.